The van der Waals surface area contributed by atoms with Crippen molar-refractivity contribution in [3.05, 3.63) is 48.0 Å². The normalized spacial score (nSPS) is 9.91. The average molecular weight is 304 g/mol. The number of carbonyl (C=O) groups is 2. The van der Waals surface area contributed by atoms with Crippen LogP contribution in [0.4, 0.5) is 14.9 Å². The van der Waals surface area contributed by atoms with Crippen LogP contribution in [0.25, 0.3) is 0 Å². The minimum atomic E-state index is -0.864. The molecule has 0 unspecified atom stereocenters. The number of benzene rings is 1. The molecule has 22 heavy (non-hydrogen) atoms. The number of ether oxygens (including phenoxy) is 1. The number of nitrogens with two attached hydrogens (primary N) is 1. The number of aromatic nitrogens is 1. The second kappa shape index (κ2) is 6.53. The minimum absolute atomic E-state index is 0.0550. The lowest BCUT2D eigenvalue weighted by molar-refractivity contribution is 0.0958. The zero-order valence-electron chi connectivity index (χ0n) is 11.6. The molecule has 4 N–H and O–H groups in total. The van der Waals surface area contributed by atoms with Gasteiger partial charge in [-0.3, -0.25) is 9.78 Å². The molecule has 0 aliphatic rings. The molecule has 8 heteroatoms. The number of pyridine rings is 1. The lowest BCUT2D eigenvalue weighted by Crippen LogP contribution is -2.20. The van der Waals surface area contributed by atoms with Gasteiger partial charge < -0.3 is 21.1 Å². The second-order valence-corrected chi connectivity index (χ2v) is 4.19. The number of halogens is 1. The number of carbonyl (C=O) groups excluding carboxylic acids is 2. The maximum Gasteiger partial charge on any atom is 0.316 e. The smallest absolute Gasteiger partial charge is 0.316 e. The van der Waals surface area contributed by atoms with Gasteiger partial charge in [-0.25, -0.2) is 9.18 Å². The quantitative estimate of drug-likeness (QED) is 0.801. The molecule has 0 saturated carbocycles. The molecule has 114 valence electrons. The Bertz CT molecular complexity index is 721. The van der Waals surface area contributed by atoms with Gasteiger partial charge in [0.05, 0.1) is 5.69 Å². The van der Waals surface area contributed by atoms with Gasteiger partial charge in [0.25, 0.3) is 5.91 Å². The van der Waals surface area contributed by atoms with E-state index in [2.05, 4.69) is 15.6 Å². The number of nitrogens with one attached hydrogen (secondary N) is 2. The number of urea groups is 1. The van der Waals surface area contributed by atoms with E-state index in [1.54, 1.807) is 0 Å². The van der Waals surface area contributed by atoms with Crippen molar-refractivity contribution in [3.63, 3.8) is 0 Å². The Labute approximate surface area is 125 Å². The SMILES string of the molecule is CNC(=O)c1cc(Oc2ccc(NC(N)=O)c(F)c2)ccn1. The summed E-state index contributed by atoms with van der Waals surface area (Å²) in [6, 6.07) is 5.94. The van der Waals surface area contributed by atoms with Gasteiger partial charge in [0, 0.05) is 25.4 Å². The fraction of sp³-hybridized carbons (Fsp3) is 0.0714. The van der Waals surface area contributed by atoms with Crippen LogP contribution >= 0.6 is 0 Å². The number of rotatable bonds is 4. The van der Waals surface area contributed by atoms with Crippen molar-refractivity contribution in [2.75, 3.05) is 12.4 Å². The van der Waals surface area contributed by atoms with Crippen molar-refractivity contribution in [2.45, 2.75) is 0 Å². The van der Waals surface area contributed by atoms with E-state index in [1.165, 1.54) is 37.5 Å². The van der Waals surface area contributed by atoms with Crippen molar-refractivity contribution in [1.82, 2.24) is 10.3 Å². The second-order valence-electron chi connectivity index (χ2n) is 4.19. The Morgan fingerprint density at radius 3 is 2.59 bits per heavy atom. The molecule has 1 aromatic carbocycles. The number of nitrogens with zero attached hydrogens (tertiary/aromatic N) is 1. The maximum absolute atomic E-state index is 13.7. The molecule has 0 bridgehead atoms. The molecule has 0 saturated heterocycles. The molecular weight excluding hydrogens is 291 g/mol. The molecule has 0 radical (unpaired) electrons. The van der Waals surface area contributed by atoms with Crippen molar-refractivity contribution >= 4 is 17.6 Å². The van der Waals surface area contributed by atoms with Crippen LogP contribution in [0.1, 0.15) is 10.5 Å². The van der Waals surface area contributed by atoms with Crippen LogP contribution in [-0.4, -0.2) is 24.0 Å². The van der Waals surface area contributed by atoms with E-state index < -0.39 is 11.8 Å². The molecule has 2 aromatic rings. The zero-order chi connectivity index (χ0) is 16.1. The van der Waals surface area contributed by atoms with Crippen molar-refractivity contribution in [1.29, 1.82) is 0 Å². The van der Waals surface area contributed by atoms with Crippen LogP contribution in [0.3, 0.4) is 0 Å². The molecule has 0 spiro atoms. The van der Waals surface area contributed by atoms with Gasteiger partial charge in [-0.15, -0.1) is 0 Å². The maximum atomic E-state index is 13.7. The van der Waals surface area contributed by atoms with Crippen LogP contribution < -0.4 is 21.1 Å². The van der Waals surface area contributed by atoms with E-state index in [-0.39, 0.29) is 23.0 Å². The third kappa shape index (κ3) is 3.69. The summed E-state index contributed by atoms with van der Waals surface area (Å²) in [7, 11) is 1.48. The van der Waals surface area contributed by atoms with Crippen LogP contribution in [0.5, 0.6) is 11.5 Å². The molecule has 3 amide bonds. The van der Waals surface area contributed by atoms with Crippen LogP contribution in [0.15, 0.2) is 36.5 Å². The van der Waals surface area contributed by atoms with E-state index in [9.17, 15) is 14.0 Å². The van der Waals surface area contributed by atoms with Crippen LogP contribution in [0, 0.1) is 5.82 Å². The molecule has 1 heterocycles. The Balaban J connectivity index is 2.19. The van der Waals surface area contributed by atoms with Gasteiger partial charge >= 0.3 is 6.03 Å². The summed E-state index contributed by atoms with van der Waals surface area (Å²) in [4.78, 5) is 26.1. The fourth-order valence-corrected chi connectivity index (χ4v) is 1.66. The number of hydrogen-bond acceptors (Lipinski definition) is 4. The molecule has 1 aromatic heterocycles. The van der Waals surface area contributed by atoms with E-state index in [1.807, 2.05) is 0 Å². The Morgan fingerprint density at radius 2 is 1.95 bits per heavy atom. The molecule has 7 nitrogen and oxygen atoms in total. The summed E-state index contributed by atoms with van der Waals surface area (Å²) in [6.45, 7) is 0. The molecule has 0 aliphatic carbocycles. The molecular formula is C14H13FN4O3. The standard InChI is InChI=1S/C14H13FN4O3/c1-17-13(20)12-7-9(4-5-18-12)22-8-2-3-11(10(15)6-8)19-14(16)21/h2-7H,1H3,(H,17,20)(H3,16,19,21). The predicted octanol–water partition coefficient (Wildman–Crippen LogP) is 1.86. The highest BCUT2D eigenvalue weighted by molar-refractivity contribution is 5.92. The highest BCUT2D eigenvalue weighted by atomic mass is 19.1. The fourth-order valence-electron chi connectivity index (χ4n) is 1.66. The van der Waals surface area contributed by atoms with E-state index >= 15 is 0 Å². The highest BCUT2D eigenvalue weighted by Crippen LogP contribution is 2.25. The number of primary amides is 1. The first-order chi connectivity index (χ1) is 10.5. The first-order valence-electron chi connectivity index (χ1n) is 6.21. The minimum Gasteiger partial charge on any atom is -0.457 e. The number of amides is 3. The molecule has 0 fully saturated rings. The van der Waals surface area contributed by atoms with Gasteiger partial charge in [0.15, 0.2) is 0 Å². The molecule has 2 rings (SSSR count). The monoisotopic (exact) mass is 304 g/mol. The first-order valence-corrected chi connectivity index (χ1v) is 6.21. The van der Waals surface area contributed by atoms with Gasteiger partial charge in [0.2, 0.25) is 0 Å². The summed E-state index contributed by atoms with van der Waals surface area (Å²) < 4.78 is 19.2. The largest absolute Gasteiger partial charge is 0.457 e. The summed E-state index contributed by atoms with van der Waals surface area (Å²) in [6.07, 6.45) is 1.40. The number of hydrogen-bond donors (Lipinski definition) is 3. The van der Waals surface area contributed by atoms with E-state index in [0.717, 1.165) is 6.07 Å². The third-order valence-electron chi connectivity index (χ3n) is 2.63. The highest BCUT2D eigenvalue weighted by Gasteiger charge is 2.09. The molecule has 0 aliphatic heterocycles. The average Bonchev–Trinajstić information content (AvgIpc) is 2.49. The van der Waals surface area contributed by atoms with Crippen LogP contribution in [0.2, 0.25) is 0 Å². The third-order valence-corrected chi connectivity index (χ3v) is 2.63. The summed E-state index contributed by atoms with van der Waals surface area (Å²) >= 11 is 0. The van der Waals surface area contributed by atoms with E-state index in [0.29, 0.717) is 5.75 Å². The molecule has 0 atom stereocenters. The lowest BCUT2D eigenvalue weighted by atomic mass is 10.3. The lowest BCUT2D eigenvalue weighted by Gasteiger charge is -2.09. The van der Waals surface area contributed by atoms with Crippen molar-refractivity contribution in [3.8, 4) is 11.5 Å². The van der Waals surface area contributed by atoms with Gasteiger partial charge in [0.1, 0.15) is 23.0 Å². The van der Waals surface area contributed by atoms with Crippen molar-refractivity contribution in [2.24, 2.45) is 5.73 Å². The summed E-state index contributed by atoms with van der Waals surface area (Å²) in [5, 5.41) is 4.58. The number of anilines is 1. The summed E-state index contributed by atoms with van der Waals surface area (Å²) in [5.41, 5.74) is 5.04. The van der Waals surface area contributed by atoms with Gasteiger partial charge in [-0.05, 0) is 18.2 Å². The zero-order valence-corrected chi connectivity index (χ0v) is 11.6. The van der Waals surface area contributed by atoms with Gasteiger partial charge in [-0.2, -0.15) is 0 Å². The van der Waals surface area contributed by atoms with Crippen molar-refractivity contribution < 1.29 is 18.7 Å². The Kier molecular flexibility index (Phi) is 4.52. The Hall–Kier alpha value is -3.16. The first kappa shape index (κ1) is 15.2. The summed E-state index contributed by atoms with van der Waals surface area (Å²) in [5.74, 6) is -0.542. The topological polar surface area (TPSA) is 106 Å². The van der Waals surface area contributed by atoms with E-state index in [4.69, 9.17) is 10.5 Å². The van der Waals surface area contributed by atoms with Gasteiger partial charge in [-0.1, -0.05) is 0 Å². The van der Waals surface area contributed by atoms with Crippen LogP contribution in [-0.2, 0) is 0 Å². The Morgan fingerprint density at radius 1 is 1.23 bits per heavy atom. The predicted molar refractivity (Wildman–Crippen MR) is 77.3 cm³/mol.